The van der Waals surface area contributed by atoms with Crippen molar-refractivity contribution in [2.24, 2.45) is 0 Å². The minimum absolute atomic E-state index is 0.0185. The molecule has 1 aliphatic heterocycles. The normalized spacial score (nSPS) is 14.8. The van der Waals surface area contributed by atoms with Crippen LogP contribution in [0.4, 0.5) is 5.69 Å². The summed E-state index contributed by atoms with van der Waals surface area (Å²) in [6, 6.07) is 13.8. The predicted octanol–water partition coefficient (Wildman–Crippen LogP) is 2.55. The monoisotopic (exact) mass is 382 g/mol. The van der Waals surface area contributed by atoms with Crippen LogP contribution in [0.25, 0.3) is 0 Å². The van der Waals surface area contributed by atoms with Gasteiger partial charge < -0.3 is 14.7 Å². The van der Waals surface area contributed by atoms with Gasteiger partial charge in [0.15, 0.2) is 5.60 Å². The first-order valence-electron chi connectivity index (χ1n) is 8.85. The maximum atomic E-state index is 12.9. The molecule has 0 fully saturated rings. The topological polar surface area (TPSA) is 87.2 Å². The highest BCUT2D eigenvalue weighted by atomic mass is 16.5. The number of carbonyl (C=O) groups excluding carboxylic acids is 2. The van der Waals surface area contributed by atoms with Gasteiger partial charge in [-0.2, -0.15) is 0 Å². The predicted molar refractivity (Wildman–Crippen MR) is 103 cm³/mol. The van der Waals surface area contributed by atoms with Crippen molar-refractivity contribution in [2.45, 2.75) is 26.0 Å². The standard InChI is InChI=1S/C21H22N2O5/c1-21(2)20(27)23(16-11-15(19(25)26)9-10-17(16)28-21)13-18(24)22(3)12-14-7-5-4-6-8-14/h4-11H,12-13H2,1-3H3,(H,25,26). The van der Waals surface area contributed by atoms with Crippen LogP contribution in [-0.4, -0.2) is 47.0 Å². The van der Waals surface area contributed by atoms with E-state index in [1.165, 1.54) is 28.0 Å². The Balaban J connectivity index is 1.87. The van der Waals surface area contributed by atoms with Crippen molar-refractivity contribution in [1.29, 1.82) is 0 Å². The molecule has 28 heavy (non-hydrogen) atoms. The molecule has 2 amide bonds. The molecule has 0 spiro atoms. The highest BCUT2D eigenvalue weighted by Gasteiger charge is 2.42. The van der Waals surface area contributed by atoms with Gasteiger partial charge in [0.2, 0.25) is 5.91 Å². The number of nitrogens with zero attached hydrogens (tertiary/aromatic N) is 2. The summed E-state index contributed by atoms with van der Waals surface area (Å²) in [5, 5.41) is 9.26. The van der Waals surface area contributed by atoms with E-state index in [-0.39, 0.29) is 23.7 Å². The zero-order valence-corrected chi connectivity index (χ0v) is 16.0. The van der Waals surface area contributed by atoms with E-state index in [4.69, 9.17) is 4.74 Å². The molecule has 1 heterocycles. The number of hydrogen-bond acceptors (Lipinski definition) is 4. The molecule has 0 saturated carbocycles. The molecule has 0 saturated heterocycles. The Morgan fingerprint density at radius 3 is 2.46 bits per heavy atom. The Labute approximate surface area is 163 Å². The Kier molecular flexibility index (Phi) is 5.09. The van der Waals surface area contributed by atoms with E-state index in [1.807, 2.05) is 30.3 Å². The summed E-state index contributed by atoms with van der Waals surface area (Å²) in [6.07, 6.45) is 0. The van der Waals surface area contributed by atoms with Gasteiger partial charge in [-0.1, -0.05) is 30.3 Å². The van der Waals surface area contributed by atoms with Gasteiger partial charge in [-0.25, -0.2) is 4.79 Å². The number of rotatable bonds is 5. The summed E-state index contributed by atoms with van der Waals surface area (Å²) in [7, 11) is 1.67. The molecule has 2 aromatic carbocycles. The molecule has 7 nitrogen and oxygen atoms in total. The van der Waals surface area contributed by atoms with E-state index in [0.717, 1.165) is 5.56 Å². The maximum absolute atomic E-state index is 12.9. The molecule has 1 aliphatic rings. The number of carbonyl (C=O) groups is 3. The van der Waals surface area contributed by atoms with Crippen molar-refractivity contribution in [3.8, 4) is 5.75 Å². The maximum Gasteiger partial charge on any atom is 0.335 e. The number of aromatic carboxylic acids is 1. The highest BCUT2D eigenvalue weighted by molar-refractivity contribution is 6.06. The van der Waals surface area contributed by atoms with Crippen LogP contribution in [0.2, 0.25) is 0 Å². The minimum Gasteiger partial charge on any atom is -0.478 e. The van der Waals surface area contributed by atoms with E-state index in [1.54, 1.807) is 20.9 Å². The van der Waals surface area contributed by atoms with E-state index >= 15 is 0 Å². The fraction of sp³-hybridized carbons (Fsp3) is 0.286. The summed E-state index contributed by atoms with van der Waals surface area (Å²) in [5.41, 5.74) is 0.118. The third-order valence-electron chi connectivity index (χ3n) is 4.60. The van der Waals surface area contributed by atoms with E-state index in [0.29, 0.717) is 12.3 Å². The molecule has 0 radical (unpaired) electrons. The number of carboxylic acid groups (broad SMARTS) is 1. The quantitative estimate of drug-likeness (QED) is 0.859. The zero-order valence-electron chi connectivity index (χ0n) is 16.0. The summed E-state index contributed by atoms with van der Waals surface area (Å²) in [6.45, 7) is 3.44. The Hall–Kier alpha value is -3.35. The van der Waals surface area contributed by atoms with Gasteiger partial charge in [0.05, 0.1) is 11.3 Å². The third kappa shape index (κ3) is 3.83. The lowest BCUT2D eigenvalue weighted by atomic mass is 10.0. The summed E-state index contributed by atoms with van der Waals surface area (Å²) in [5.74, 6) is -1.41. The van der Waals surface area contributed by atoms with Gasteiger partial charge in [0.25, 0.3) is 5.91 Å². The highest BCUT2D eigenvalue weighted by Crippen LogP contribution is 2.38. The van der Waals surface area contributed by atoms with Crippen LogP contribution in [0.1, 0.15) is 29.8 Å². The summed E-state index contributed by atoms with van der Waals surface area (Å²) >= 11 is 0. The number of benzene rings is 2. The molecule has 0 aromatic heterocycles. The van der Waals surface area contributed by atoms with Crippen LogP contribution >= 0.6 is 0 Å². The second-order valence-corrected chi connectivity index (χ2v) is 7.23. The van der Waals surface area contributed by atoms with E-state index in [9.17, 15) is 19.5 Å². The average Bonchev–Trinajstić information content (AvgIpc) is 2.65. The Bertz CT molecular complexity index is 924. The van der Waals surface area contributed by atoms with Crippen molar-refractivity contribution in [1.82, 2.24) is 4.90 Å². The van der Waals surface area contributed by atoms with Crippen LogP contribution in [0.3, 0.4) is 0 Å². The molecule has 7 heteroatoms. The van der Waals surface area contributed by atoms with Crippen LogP contribution in [0, 0.1) is 0 Å². The first-order valence-corrected chi connectivity index (χ1v) is 8.85. The van der Waals surface area contributed by atoms with Crippen LogP contribution < -0.4 is 9.64 Å². The molecule has 0 bridgehead atoms. The lowest BCUT2D eigenvalue weighted by Gasteiger charge is -2.39. The molecule has 146 valence electrons. The number of fused-ring (bicyclic) bond motifs is 1. The second-order valence-electron chi connectivity index (χ2n) is 7.23. The van der Waals surface area contributed by atoms with Crippen molar-refractivity contribution in [3.05, 3.63) is 59.7 Å². The van der Waals surface area contributed by atoms with Crippen molar-refractivity contribution >= 4 is 23.5 Å². The van der Waals surface area contributed by atoms with Crippen molar-refractivity contribution in [2.75, 3.05) is 18.5 Å². The summed E-state index contributed by atoms with van der Waals surface area (Å²) in [4.78, 5) is 39.8. The molecule has 0 aliphatic carbocycles. The third-order valence-corrected chi connectivity index (χ3v) is 4.60. The van der Waals surface area contributed by atoms with Crippen LogP contribution in [0.5, 0.6) is 5.75 Å². The molecule has 1 N–H and O–H groups in total. The molecule has 0 unspecified atom stereocenters. The molecular weight excluding hydrogens is 360 g/mol. The molecule has 2 aromatic rings. The smallest absolute Gasteiger partial charge is 0.335 e. The SMILES string of the molecule is CN(Cc1ccccc1)C(=O)CN1C(=O)C(C)(C)Oc2ccc(C(=O)O)cc21. The number of ether oxygens (including phenoxy) is 1. The number of carboxylic acids is 1. The number of anilines is 1. The Morgan fingerprint density at radius 2 is 1.82 bits per heavy atom. The first kappa shape index (κ1) is 19.4. The van der Waals surface area contributed by atoms with E-state index < -0.39 is 17.5 Å². The zero-order chi connectivity index (χ0) is 20.5. The van der Waals surface area contributed by atoms with Gasteiger partial charge in [-0.3, -0.25) is 14.5 Å². The van der Waals surface area contributed by atoms with Crippen LogP contribution in [-0.2, 0) is 16.1 Å². The number of likely N-dealkylation sites (N-methyl/N-ethyl adjacent to an activating group) is 1. The summed E-state index contributed by atoms with van der Waals surface area (Å²) < 4.78 is 5.73. The molecule has 3 rings (SSSR count). The number of amides is 2. The van der Waals surface area contributed by atoms with Crippen LogP contribution in [0.15, 0.2) is 48.5 Å². The fourth-order valence-electron chi connectivity index (χ4n) is 3.06. The molecular formula is C21H22N2O5. The fourth-order valence-corrected chi connectivity index (χ4v) is 3.06. The van der Waals surface area contributed by atoms with Crippen molar-refractivity contribution < 1.29 is 24.2 Å². The molecule has 0 atom stereocenters. The minimum atomic E-state index is -1.16. The lowest BCUT2D eigenvalue weighted by molar-refractivity contribution is -0.136. The second kappa shape index (κ2) is 7.34. The van der Waals surface area contributed by atoms with Gasteiger partial charge >= 0.3 is 5.97 Å². The number of hydrogen-bond donors (Lipinski definition) is 1. The van der Waals surface area contributed by atoms with Gasteiger partial charge in [0.1, 0.15) is 12.3 Å². The Morgan fingerprint density at radius 1 is 1.14 bits per heavy atom. The van der Waals surface area contributed by atoms with E-state index in [2.05, 4.69) is 0 Å². The van der Waals surface area contributed by atoms with Gasteiger partial charge in [-0.05, 0) is 37.6 Å². The first-order chi connectivity index (χ1) is 13.2. The van der Waals surface area contributed by atoms with Gasteiger partial charge in [-0.15, -0.1) is 0 Å². The van der Waals surface area contributed by atoms with Crippen molar-refractivity contribution in [3.63, 3.8) is 0 Å². The van der Waals surface area contributed by atoms with Gasteiger partial charge in [0, 0.05) is 13.6 Å². The largest absolute Gasteiger partial charge is 0.478 e. The lowest BCUT2D eigenvalue weighted by Crippen LogP contribution is -2.55. The average molecular weight is 382 g/mol.